The van der Waals surface area contributed by atoms with Gasteiger partial charge in [-0.05, 0) is 6.92 Å². The number of hydrogen-bond donors (Lipinski definition) is 1. The standard InChI is InChI=1S/C8H14ClNO/c1-6(2)5-10-8(11)7(3)4-9/h7H,1,4-5H2,2-3H3,(H,10,11). The van der Waals surface area contributed by atoms with E-state index in [2.05, 4.69) is 11.9 Å². The summed E-state index contributed by atoms with van der Waals surface area (Å²) < 4.78 is 0. The van der Waals surface area contributed by atoms with Crippen LogP contribution in [-0.2, 0) is 4.79 Å². The van der Waals surface area contributed by atoms with E-state index in [0.29, 0.717) is 12.4 Å². The van der Waals surface area contributed by atoms with Crippen LogP contribution < -0.4 is 5.32 Å². The fourth-order valence-electron chi connectivity index (χ4n) is 0.482. The molecule has 1 unspecified atom stereocenters. The molecular weight excluding hydrogens is 162 g/mol. The van der Waals surface area contributed by atoms with Crippen molar-refractivity contribution in [3.8, 4) is 0 Å². The Morgan fingerprint density at radius 2 is 2.27 bits per heavy atom. The molecule has 0 radical (unpaired) electrons. The molecule has 64 valence electrons. The van der Waals surface area contributed by atoms with Crippen molar-refractivity contribution in [3.63, 3.8) is 0 Å². The summed E-state index contributed by atoms with van der Waals surface area (Å²) in [5.41, 5.74) is 0.945. The van der Waals surface area contributed by atoms with E-state index in [1.54, 1.807) is 6.92 Å². The van der Waals surface area contributed by atoms with Crippen molar-refractivity contribution in [2.45, 2.75) is 13.8 Å². The Kier molecular flexibility index (Phi) is 4.95. The van der Waals surface area contributed by atoms with Gasteiger partial charge in [0.2, 0.25) is 5.91 Å². The lowest BCUT2D eigenvalue weighted by atomic mass is 10.2. The number of carbonyl (C=O) groups is 1. The normalized spacial score (nSPS) is 12.3. The number of alkyl halides is 1. The van der Waals surface area contributed by atoms with E-state index in [0.717, 1.165) is 5.57 Å². The van der Waals surface area contributed by atoms with Gasteiger partial charge in [0.1, 0.15) is 0 Å². The summed E-state index contributed by atoms with van der Waals surface area (Å²) in [5.74, 6) is 0.237. The van der Waals surface area contributed by atoms with Gasteiger partial charge in [-0.25, -0.2) is 0 Å². The van der Waals surface area contributed by atoms with E-state index in [1.165, 1.54) is 0 Å². The summed E-state index contributed by atoms with van der Waals surface area (Å²) in [4.78, 5) is 11.0. The summed E-state index contributed by atoms with van der Waals surface area (Å²) in [6, 6.07) is 0. The van der Waals surface area contributed by atoms with Crippen LogP contribution in [0.1, 0.15) is 13.8 Å². The van der Waals surface area contributed by atoms with Crippen LogP contribution in [0.3, 0.4) is 0 Å². The summed E-state index contributed by atoms with van der Waals surface area (Å²) in [7, 11) is 0. The molecule has 0 aliphatic carbocycles. The molecule has 0 rings (SSSR count). The smallest absolute Gasteiger partial charge is 0.224 e. The maximum absolute atomic E-state index is 11.0. The Labute approximate surface area is 72.6 Å². The Bertz CT molecular complexity index is 156. The van der Waals surface area contributed by atoms with Crippen LogP contribution >= 0.6 is 11.6 Å². The summed E-state index contributed by atoms with van der Waals surface area (Å²) in [6.07, 6.45) is 0. The highest BCUT2D eigenvalue weighted by Gasteiger charge is 2.09. The van der Waals surface area contributed by atoms with Crippen molar-refractivity contribution >= 4 is 17.5 Å². The van der Waals surface area contributed by atoms with Crippen LogP contribution in [-0.4, -0.2) is 18.3 Å². The fourth-order valence-corrected chi connectivity index (χ4v) is 0.622. The lowest BCUT2D eigenvalue weighted by Gasteiger charge is -2.08. The first-order valence-corrected chi connectivity index (χ1v) is 4.09. The number of hydrogen-bond acceptors (Lipinski definition) is 1. The molecule has 2 nitrogen and oxygen atoms in total. The zero-order valence-corrected chi connectivity index (χ0v) is 7.74. The molecule has 1 atom stereocenters. The second-order valence-corrected chi connectivity index (χ2v) is 3.04. The van der Waals surface area contributed by atoms with E-state index in [4.69, 9.17) is 11.6 Å². The van der Waals surface area contributed by atoms with Gasteiger partial charge in [0.15, 0.2) is 0 Å². The van der Waals surface area contributed by atoms with Crippen molar-refractivity contribution in [2.24, 2.45) is 5.92 Å². The highest BCUT2D eigenvalue weighted by molar-refractivity contribution is 6.19. The monoisotopic (exact) mass is 175 g/mol. The Morgan fingerprint density at radius 3 is 2.64 bits per heavy atom. The van der Waals surface area contributed by atoms with Gasteiger partial charge in [-0.15, -0.1) is 11.6 Å². The average molecular weight is 176 g/mol. The number of rotatable bonds is 4. The SMILES string of the molecule is C=C(C)CNC(=O)C(C)CCl. The van der Waals surface area contributed by atoms with Gasteiger partial charge in [0.25, 0.3) is 0 Å². The average Bonchev–Trinajstić information content (AvgIpc) is 1.98. The molecule has 0 aromatic heterocycles. The second-order valence-electron chi connectivity index (χ2n) is 2.73. The predicted octanol–water partition coefficient (Wildman–Crippen LogP) is 1.55. The summed E-state index contributed by atoms with van der Waals surface area (Å²) >= 11 is 5.48. The van der Waals surface area contributed by atoms with Crippen LogP contribution in [0.15, 0.2) is 12.2 Å². The first-order valence-electron chi connectivity index (χ1n) is 3.56. The van der Waals surface area contributed by atoms with Crippen LogP contribution in [0.5, 0.6) is 0 Å². The molecule has 0 aliphatic rings. The van der Waals surface area contributed by atoms with Gasteiger partial charge in [0.05, 0.1) is 0 Å². The zero-order valence-electron chi connectivity index (χ0n) is 6.98. The minimum absolute atomic E-state index is 0.0111. The molecule has 1 N–H and O–H groups in total. The third kappa shape index (κ3) is 4.85. The van der Waals surface area contributed by atoms with Crippen LogP contribution in [0.25, 0.3) is 0 Å². The molecular formula is C8H14ClNO. The number of amides is 1. The molecule has 0 aliphatic heterocycles. The van der Waals surface area contributed by atoms with E-state index in [1.807, 2.05) is 6.92 Å². The minimum Gasteiger partial charge on any atom is -0.352 e. The van der Waals surface area contributed by atoms with Crippen molar-refractivity contribution in [1.82, 2.24) is 5.32 Å². The molecule has 11 heavy (non-hydrogen) atoms. The molecule has 0 spiro atoms. The van der Waals surface area contributed by atoms with Crippen molar-refractivity contribution < 1.29 is 4.79 Å². The van der Waals surface area contributed by atoms with Gasteiger partial charge in [-0.3, -0.25) is 4.79 Å². The van der Waals surface area contributed by atoms with E-state index in [-0.39, 0.29) is 11.8 Å². The topological polar surface area (TPSA) is 29.1 Å². The fraction of sp³-hybridized carbons (Fsp3) is 0.625. The van der Waals surface area contributed by atoms with E-state index in [9.17, 15) is 4.79 Å². The van der Waals surface area contributed by atoms with Crippen molar-refractivity contribution in [3.05, 3.63) is 12.2 Å². The third-order valence-corrected chi connectivity index (χ3v) is 1.71. The summed E-state index contributed by atoms with van der Waals surface area (Å²) in [5, 5.41) is 2.71. The largest absolute Gasteiger partial charge is 0.352 e. The molecule has 0 aromatic carbocycles. The second kappa shape index (κ2) is 5.19. The van der Waals surface area contributed by atoms with Crippen LogP contribution in [0, 0.1) is 5.92 Å². The number of carbonyl (C=O) groups excluding carboxylic acids is 1. The molecule has 0 saturated carbocycles. The molecule has 0 bridgehead atoms. The van der Waals surface area contributed by atoms with Gasteiger partial charge < -0.3 is 5.32 Å². The molecule has 0 saturated heterocycles. The Hall–Kier alpha value is -0.500. The minimum atomic E-state index is -0.115. The molecule has 0 aromatic rings. The molecule has 1 amide bonds. The number of halogens is 1. The predicted molar refractivity (Wildman–Crippen MR) is 47.7 cm³/mol. The van der Waals surface area contributed by atoms with E-state index >= 15 is 0 Å². The Morgan fingerprint density at radius 1 is 1.73 bits per heavy atom. The molecule has 3 heteroatoms. The lowest BCUT2D eigenvalue weighted by Crippen LogP contribution is -2.31. The number of nitrogens with one attached hydrogen (secondary N) is 1. The zero-order chi connectivity index (χ0) is 8.85. The van der Waals surface area contributed by atoms with Gasteiger partial charge in [-0.1, -0.05) is 19.1 Å². The maximum Gasteiger partial charge on any atom is 0.224 e. The molecule has 0 fully saturated rings. The van der Waals surface area contributed by atoms with Crippen LogP contribution in [0.2, 0.25) is 0 Å². The lowest BCUT2D eigenvalue weighted by molar-refractivity contribution is -0.123. The Balaban J connectivity index is 3.60. The van der Waals surface area contributed by atoms with Gasteiger partial charge in [-0.2, -0.15) is 0 Å². The van der Waals surface area contributed by atoms with Crippen molar-refractivity contribution in [2.75, 3.05) is 12.4 Å². The first kappa shape index (κ1) is 10.5. The summed E-state index contributed by atoms with van der Waals surface area (Å²) in [6.45, 7) is 7.87. The van der Waals surface area contributed by atoms with Gasteiger partial charge in [0, 0.05) is 18.3 Å². The first-order chi connectivity index (χ1) is 5.07. The highest BCUT2D eigenvalue weighted by atomic mass is 35.5. The molecule has 0 heterocycles. The maximum atomic E-state index is 11.0. The quantitative estimate of drug-likeness (QED) is 0.510. The van der Waals surface area contributed by atoms with E-state index < -0.39 is 0 Å². The van der Waals surface area contributed by atoms with Crippen LogP contribution in [0.4, 0.5) is 0 Å². The highest BCUT2D eigenvalue weighted by Crippen LogP contribution is 1.97. The van der Waals surface area contributed by atoms with Gasteiger partial charge >= 0.3 is 0 Å². The van der Waals surface area contributed by atoms with Crippen molar-refractivity contribution in [1.29, 1.82) is 0 Å². The third-order valence-electron chi connectivity index (χ3n) is 1.24.